The molecule has 5 heteroatoms. The number of amides is 1. The zero-order valence-electron chi connectivity index (χ0n) is 6.69. The summed E-state index contributed by atoms with van der Waals surface area (Å²) in [5.74, 6) is -1.05. The quantitative estimate of drug-likeness (QED) is 0.573. The molecule has 68 valence electrons. The third-order valence-electron chi connectivity index (χ3n) is 1.91. The van der Waals surface area contributed by atoms with Crippen molar-refractivity contribution in [1.82, 2.24) is 4.90 Å². The molecular formula is C7H12N2O3. The Morgan fingerprint density at radius 1 is 1.75 bits per heavy atom. The van der Waals surface area contributed by atoms with Crippen molar-refractivity contribution in [2.75, 3.05) is 13.1 Å². The van der Waals surface area contributed by atoms with E-state index >= 15 is 0 Å². The van der Waals surface area contributed by atoms with Crippen molar-refractivity contribution in [3.63, 3.8) is 0 Å². The van der Waals surface area contributed by atoms with E-state index in [-0.39, 0.29) is 12.5 Å². The highest BCUT2D eigenvalue weighted by molar-refractivity contribution is 5.80. The van der Waals surface area contributed by atoms with Crippen molar-refractivity contribution in [2.24, 2.45) is 5.73 Å². The third-order valence-corrected chi connectivity index (χ3v) is 1.91. The summed E-state index contributed by atoms with van der Waals surface area (Å²) in [6, 6.07) is -0.952. The molecule has 1 aliphatic rings. The van der Waals surface area contributed by atoms with Gasteiger partial charge in [0.05, 0.1) is 0 Å². The number of aliphatic carboxylic acids is 1. The number of nitrogens with two attached hydrogens (primary N) is 1. The highest BCUT2D eigenvalue weighted by Gasteiger charge is 2.24. The number of hydrogen-bond donors (Lipinski definition) is 2. The van der Waals surface area contributed by atoms with E-state index in [9.17, 15) is 9.59 Å². The van der Waals surface area contributed by atoms with E-state index in [2.05, 4.69) is 0 Å². The predicted octanol–water partition coefficient (Wildman–Crippen LogP) is -0.979. The molecule has 1 fully saturated rings. The van der Waals surface area contributed by atoms with E-state index in [0.29, 0.717) is 13.0 Å². The Bertz CT molecular complexity index is 205. The van der Waals surface area contributed by atoms with E-state index in [1.807, 2.05) is 0 Å². The van der Waals surface area contributed by atoms with Crippen LogP contribution in [0.3, 0.4) is 0 Å². The number of carboxylic acid groups (broad SMARTS) is 1. The second kappa shape index (κ2) is 3.53. The van der Waals surface area contributed by atoms with Crippen LogP contribution in [0.15, 0.2) is 0 Å². The molecule has 0 aromatic rings. The lowest BCUT2D eigenvalue weighted by molar-refractivity contribution is -0.139. The van der Waals surface area contributed by atoms with Crippen LogP contribution in [0.1, 0.15) is 12.8 Å². The van der Waals surface area contributed by atoms with Gasteiger partial charge in [-0.05, 0) is 6.42 Å². The summed E-state index contributed by atoms with van der Waals surface area (Å²) >= 11 is 0. The van der Waals surface area contributed by atoms with Crippen LogP contribution >= 0.6 is 0 Å². The first-order valence-corrected chi connectivity index (χ1v) is 3.87. The zero-order valence-corrected chi connectivity index (χ0v) is 6.69. The summed E-state index contributed by atoms with van der Waals surface area (Å²) in [5, 5.41) is 8.47. The lowest BCUT2D eigenvalue weighted by Gasteiger charge is -2.17. The molecule has 0 aromatic heterocycles. The average molecular weight is 172 g/mol. The summed E-state index contributed by atoms with van der Waals surface area (Å²) < 4.78 is 0. The summed E-state index contributed by atoms with van der Waals surface area (Å²) in [6.07, 6.45) is 1.33. The van der Waals surface area contributed by atoms with Gasteiger partial charge in [-0.25, -0.2) is 0 Å². The van der Waals surface area contributed by atoms with Crippen LogP contribution in [-0.4, -0.2) is 41.0 Å². The largest absolute Gasteiger partial charge is 0.480 e. The Morgan fingerprint density at radius 3 is 2.83 bits per heavy atom. The number of nitrogens with zero attached hydrogens (tertiary/aromatic N) is 1. The standard InChI is InChI=1S/C7H12N2O3/c8-5(7(11)12)4-9-3-1-2-6(9)10/h5H,1-4,8H2,(H,11,12). The Kier molecular flexibility index (Phi) is 2.65. The fraction of sp³-hybridized carbons (Fsp3) is 0.714. The van der Waals surface area contributed by atoms with Gasteiger partial charge < -0.3 is 15.7 Å². The Labute approximate surface area is 70.1 Å². The minimum Gasteiger partial charge on any atom is -0.480 e. The van der Waals surface area contributed by atoms with Crippen LogP contribution in [0.25, 0.3) is 0 Å². The maximum atomic E-state index is 11.0. The molecule has 1 rings (SSSR count). The van der Waals surface area contributed by atoms with Crippen LogP contribution in [0.4, 0.5) is 0 Å². The Morgan fingerprint density at radius 2 is 2.42 bits per heavy atom. The second-order valence-corrected chi connectivity index (χ2v) is 2.89. The van der Waals surface area contributed by atoms with Gasteiger partial charge in [0.15, 0.2) is 0 Å². The monoisotopic (exact) mass is 172 g/mol. The number of hydrogen-bond acceptors (Lipinski definition) is 3. The number of carboxylic acids is 1. The zero-order chi connectivity index (χ0) is 9.14. The minimum absolute atomic E-state index is 0.00620. The van der Waals surface area contributed by atoms with E-state index < -0.39 is 12.0 Å². The van der Waals surface area contributed by atoms with Crippen molar-refractivity contribution in [2.45, 2.75) is 18.9 Å². The minimum atomic E-state index is -1.06. The maximum absolute atomic E-state index is 11.0. The van der Waals surface area contributed by atoms with Gasteiger partial charge in [-0.2, -0.15) is 0 Å². The molecule has 1 heterocycles. The van der Waals surface area contributed by atoms with Gasteiger partial charge in [-0.15, -0.1) is 0 Å². The fourth-order valence-electron chi connectivity index (χ4n) is 1.21. The molecule has 1 aliphatic heterocycles. The maximum Gasteiger partial charge on any atom is 0.322 e. The first-order chi connectivity index (χ1) is 5.61. The molecule has 3 N–H and O–H groups in total. The van der Waals surface area contributed by atoms with Crippen LogP contribution < -0.4 is 5.73 Å². The fourth-order valence-corrected chi connectivity index (χ4v) is 1.21. The van der Waals surface area contributed by atoms with Crippen LogP contribution in [0.2, 0.25) is 0 Å². The van der Waals surface area contributed by atoms with Gasteiger partial charge in [-0.3, -0.25) is 9.59 Å². The molecule has 1 atom stereocenters. The average Bonchev–Trinajstić information content (AvgIpc) is 2.36. The molecule has 5 nitrogen and oxygen atoms in total. The third kappa shape index (κ3) is 1.94. The smallest absolute Gasteiger partial charge is 0.322 e. The summed E-state index contributed by atoms with van der Waals surface area (Å²) in [4.78, 5) is 22.8. The number of likely N-dealkylation sites (tertiary alicyclic amines) is 1. The first-order valence-electron chi connectivity index (χ1n) is 3.87. The van der Waals surface area contributed by atoms with Crippen LogP contribution in [0, 0.1) is 0 Å². The highest BCUT2D eigenvalue weighted by atomic mass is 16.4. The van der Waals surface area contributed by atoms with Gasteiger partial charge in [0.1, 0.15) is 6.04 Å². The molecule has 0 saturated carbocycles. The summed E-state index contributed by atoms with van der Waals surface area (Å²) in [7, 11) is 0. The lowest BCUT2D eigenvalue weighted by atomic mass is 10.3. The first kappa shape index (κ1) is 8.99. The number of carbonyl (C=O) groups is 2. The molecule has 12 heavy (non-hydrogen) atoms. The van der Waals surface area contributed by atoms with E-state index in [0.717, 1.165) is 6.42 Å². The van der Waals surface area contributed by atoms with Gasteiger partial charge in [-0.1, -0.05) is 0 Å². The molecule has 1 saturated heterocycles. The SMILES string of the molecule is NC(CN1CCCC1=O)C(=O)O. The number of carbonyl (C=O) groups excluding carboxylic acids is 1. The van der Waals surface area contributed by atoms with Crippen molar-refractivity contribution in [1.29, 1.82) is 0 Å². The van der Waals surface area contributed by atoms with Crippen molar-refractivity contribution in [3.05, 3.63) is 0 Å². The Hall–Kier alpha value is -1.10. The van der Waals surface area contributed by atoms with E-state index in [1.54, 1.807) is 0 Å². The Balaban J connectivity index is 2.40. The molecule has 0 aliphatic carbocycles. The second-order valence-electron chi connectivity index (χ2n) is 2.89. The lowest BCUT2D eigenvalue weighted by Crippen LogP contribution is -2.43. The number of rotatable bonds is 3. The molecule has 1 amide bonds. The van der Waals surface area contributed by atoms with Gasteiger partial charge in [0.25, 0.3) is 0 Å². The molecule has 0 bridgehead atoms. The van der Waals surface area contributed by atoms with Gasteiger partial charge >= 0.3 is 5.97 Å². The van der Waals surface area contributed by atoms with E-state index in [4.69, 9.17) is 10.8 Å². The highest BCUT2D eigenvalue weighted by Crippen LogP contribution is 2.09. The van der Waals surface area contributed by atoms with Crippen molar-refractivity contribution >= 4 is 11.9 Å². The van der Waals surface area contributed by atoms with Crippen molar-refractivity contribution in [3.8, 4) is 0 Å². The topological polar surface area (TPSA) is 83.6 Å². The van der Waals surface area contributed by atoms with Crippen LogP contribution in [-0.2, 0) is 9.59 Å². The van der Waals surface area contributed by atoms with Crippen molar-refractivity contribution < 1.29 is 14.7 Å². The summed E-state index contributed by atoms with van der Waals surface area (Å²) in [6.45, 7) is 0.772. The van der Waals surface area contributed by atoms with Gasteiger partial charge in [0.2, 0.25) is 5.91 Å². The molecule has 1 unspecified atom stereocenters. The van der Waals surface area contributed by atoms with Gasteiger partial charge in [0, 0.05) is 19.5 Å². The molecule has 0 aromatic carbocycles. The van der Waals surface area contributed by atoms with Crippen LogP contribution in [0.5, 0.6) is 0 Å². The normalized spacial score (nSPS) is 19.8. The predicted molar refractivity (Wildman–Crippen MR) is 41.4 cm³/mol. The molecule has 0 radical (unpaired) electrons. The summed E-state index contributed by atoms with van der Waals surface area (Å²) in [5.41, 5.74) is 5.27. The molecule has 0 spiro atoms. The van der Waals surface area contributed by atoms with E-state index in [1.165, 1.54) is 4.90 Å². The molecular weight excluding hydrogens is 160 g/mol.